The number of rotatable bonds is 1. The predicted molar refractivity (Wildman–Crippen MR) is 64.4 cm³/mol. The van der Waals surface area contributed by atoms with Crippen LogP contribution in [-0.2, 0) is 0 Å². The number of aromatic nitrogens is 3. The fourth-order valence-corrected chi connectivity index (χ4v) is 1.54. The quantitative estimate of drug-likeness (QED) is 0.755. The normalized spacial score (nSPS) is 10.7. The van der Waals surface area contributed by atoms with Crippen LogP contribution in [0.15, 0.2) is 12.1 Å². The molecule has 5 heteroatoms. The summed E-state index contributed by atoms with van der Waals surface area (Å²) < 4.78 is 1.78. The monoisotopic (exact) mass is 217 g/mol. The maximum absolute atomic E-state index is 5.68. The molecule has 0 aliphatic heterocycles. The zero-order chi connectivity index (χ0) is 11.9. The van der Waals surface area contributed by atoms with Crippen LogP contribution in [0.2, 0.25) is 0 Å². The molecule has 2 aromatic heterocycles. The maximum atomic E-state index is 5.68. The largest absolute Gasteiger partial charge is 0.396 e. The minimum Gasteiger partial charge on any atom is -0.396 e. The van der Waals surface area contributed by atoms with Gasteiger partial charge in [-0.1, -0.05) is 0 Å². The molecule has 0 aliphatic rings. The van der Waals surface area contributed by atoms with E-state index in [4.69, 9.17) is 11.5 Å². The van der Waals surface area contributed by atoms with Crippen LogP contribution in [0.25, 0.3) is 5.82 Å². The topological polar surface area (TPSA) is 82.8 Å². The van der Waals surface area contributed by atoms with Crippen LogP contribution in [0.1, 0.15) is 17.0 Å². The molecule has 5 nitrogen and oxygen atoms in total. The fraction of sp³-hybridized carbons (Fsp3) is 0.273. The van der Waals surface area contributed by atoms with E-state index in [1.807, 2.05) is 26.8 Å². The molecule has 0 amide bonds. The molecule has 0 bridgehead atoms. The van der Waals surface area contributed by atoms with Gasteiger partial charge in [0.25, 0.3) is 0 Å². The Kier molecular flexibility index (Phi) is 2.30. The van der Waals surface area contributed by atoms with E-state index < -0.39 is 0 Å². The summed E-state index contributed by atoms with van der Waals surface area (Å²) in [4.78, 5) is 4.21. The average molecular weight is 217 g/mol. The molecule has 2 heterocycles. The molecule has 0 unspecified atom stereocenters. The fourth-order valence-electron chi connectivity index (χ4n) is 1.54. The molecular weight excluding hydrogens is 202 g/mol. The van der Waals surface area contributed by atoms with Gasteiger partial charge in [0.15, 0.2) is 5.82 Å². The highest BCUT2D eigenvalue weighted by Crippen LogP contribution is 2.18. The first kappa shape index (κ1) is 10.5. The van der Waals surface area contributed by atoms with E-state index >= 15 is 0 Å². The number of pyridine rings is 1. The zero-order valence-corrected chi connectivity index (χ0v) is 9.65. The minimum atomic E-state index is 0.336. The highest BCUT2D eigenvalue weighted by Gasteiger charge is 2.10. The molecule has 0 aliphatic carbocycles. The standard InChI is InChI=1S/C11H15N5/c1-6-7(2)15-16(8(6)3)10-5-4-9(12)11(13)14-10/h4-5H,12H2,1-3H3,(H2,13,14). The Balaban J connectivity index is 2.59. The first-order valence-electron chi connectivity index (χ1n) is 5.06. The second-order valence-electron chi connectivity index (χ2n) is 3.85. The second-order valence-corrected chi connectivity index (χ2v) is 3.85. The molecule has 16 heavy (non-hydrogen) atoms. The van der Waals surface area contributed by atoms with Crippen LogP contribution in [0, 0.1) is 20.8 Å². The van der Waals surface area contributed by atoms with Gasteiger partial charge in [0.2, 0.25) is 0 Å². The van der Waals surface area contributed by atoms with Crippen molar-refractivity contribution in [2.45, 2.75) is 20.8 Å². The molecule has 0 saturated heterocycles. The van der Waals surface area contributed by atoms with Gasteiger partial charge < -0.3 is 11.5 Å². The first-order chi connectivity index (χ1) is 7.50. The van der Waals surface area contributed by atoms with Crippen molar-refractivity contribution in [1.29, 1.82) is 0 Å². The molecule has 0 aromatic carbocycles. The third-order valence-electron chi connectivity index (χ3n) is 2.81. The number of nitrogens with zero attached hydrogens (tertiary/aromatic N) is 3. The van der Waals surface area contributed by atoms with Gasteiger partial charge >= 0.3 is 0 Å². The molecule has 2 rings (SSSR count). The lowest BCUT2D eigenvalue weighted by Gasteiger charge is -2.05. The van der Waals surface area contributed by atoms with E-state index in [-0.39, 0.29) is 0 Å². The van der Waals surface area contributed by atoms with Crippen molar-refractivity contribution in [2.24, 2.45) is 0 Å². The van der Waals surface area contributed by atoms with E-state index in [1.165, 1.54) is 0 Å². The van der Waals surface area contributed by atoms with Crippen LogP contribution in [0.3, 0.4) is 0 Å². The number of nitrogen functional groups attached to an aromatic ring is 2. The van der Waals surface area contributed by atoms with E-state index in [2.05, 4.69) is 10.1 Å². The Morgan fingerprint density at radius 3 is 2.31 bits per heavy atom. The van der Waals surface area contributed by atoms with Crippen molar-refractivity contribution in [3.05, 3.63) is 29.1 Å². The van der Waals surface area contributed by atoms with Crippen LogP contribution >= 0.6 is 0 Å². The molecule has 0 atom stereocenters. The minimum absolute atomic E-state index is 0.336. The van der Waals surface area contributed by atoms with Gasteiger partial charge in [0.1, 0.15) is 5.82 Å². The van der Waals surface area contributed by atoms with Crippen molar-refractivity contribution in [3.8, 4) is 5.82 Å². The number of hydrogen-bond acceptors (Lipinski definition) is 4. The Hall–Kier alpha value is -2.04. The van der Waals surface area contributed by atoms with Crippen LogP contribution in [0.4, 0.5) is 11.5 Å². The lowest BCUT2D eigenvalue weighted by atomic mass is 10.2. The molecule has 0 fully saturated rings. The van der Waals surface area contributed by atoms with Gasteiger partial charge in [0, 0.05) is 5.69 Å². The van der Waals surface area contributed by atoms with E-state index in [0.29, 0.717) is 17.3 Å². The maximum Gasteiger partial charge on any atom is 0.156 e. The van der Waals surface area contributed by atoms with E-state index in [0.717, 1.165) is 17.0 Å². The number of nitrogens with two attached hydrogens (primary N) is 2. The summed E-state index contributed by atoms with van der Waals surface area (Å²) in [6.07, 6.45) is 0. The molecule has 0 saturated carbocycles. The Labute approximate surface area is 94.1 Å². The van der Waals surface area contributed by atoms with Crippen molar-refractivity contribution in [2.75, 3.05) is 11.5 Å². The Morgan fingerprint density at radius 1 is 1.12 bits per heavy atom. The first-order valence-corrected chi connectivity index (χ1v) is 5.06. The summed E-state index contributed by atoms with van der Waals surface area (Å²) >= 11 is 0. The molecule has 2 aromatic rings. The van der Waals surface area contributed by atoms with E-state index in [1.54, 1.807) is 10.7 Å². The van der Waals surface area contributed by atoms with Crippen molar-refractivity contribution in [1.82, 2.24) is 14.8 Å². The molecule has 0 spiro atoms. The molecule has 84 valence electrons. The lowest BCUT2D eigenvalue weighted by Crippen LogP contribution is -2.06. The van der Waals surface area contributed by atoms with Crippen molar-refractivity contribution < 1.29 is 0 Å². The number of aryl methyl sites for hydroxylation is 1. The zero-order valence-electron chi connectivity index (χ0n) is 9.65. The molecular formula is C11H15N5. The van der Waals surface area contributed by atoms with Crippen LogP contribution in [0.5, 0.6) is 0 Å². The molecule has 0 radical (unpaired) electrons. The third kappa shape index (κ3) is 1.50. The number of hydrogen-bond donors (Lipinski definition) is 2. The van der Waals surface area contributed by atoms with Gasteiger partial charge in [-0.25, -0.2) is 9.67 Å². The van der Waals surface area contributed by atoms with Gasteiger partial charge in [0.05, 0.1) is 11.4 Å². The molecule has 4 N–H and O–H groups in total. The van der Waals surface area contributed by atoms with E-state index in [9.17, 15) is 0 Å². The Morgan fingerprint density at radius 2 is 1.81 bits per heavy atom. The average Bonchev–Trinajstić information content (AvgIpc) is 2.50. The number of anilines is 2. The second kappa shape index (κ2) is 3.52. The van der Waals surface area contributed by atoms with Crippen LogP contribution in [-0.4, -0.2) is 14.8 Å². The lowest BCUT2D eigenvalue weighted by molar-refractivity contribution is 0.807. The Bertz CT molecular complexity index is 542. The summed E-state index contributed by atoms with van der Waals surface area (Å²) in [7, 11) is 0. The highest BCUT2D eigenvalue weighted by atomic mass is 15.3. The summed E-state index contributed by atoms with van der Waals surface area (Å²) in [5.41, 5.74) is 15.0. The van der Waals surface area contributed by atoms with Crippen LogP contribution < -0.4 is 11.5 Å². The van der Waals surface area contributed by atoms with Gasteiger partial charge in [-0.15, -0.1) is 0 Å². The highest BCUT2D eigenvalue weighted by molar-refractivity contribution is 5.59. The third-order valence-corrected chi connectivity index (χ3v) is 2.81. The van der Waals surface area contributed by atoms with Gasteiger partial charge in [-0.3, -0.25) is 0 Å². The SMILES string of the molecule is Cc1nn(-c2ccc(N)c(N)n2)c(C)c1C. The van der Waals surface area contributed by atoms with Crippen molar-refractivity contribution >= 4 is 11.5 Å². The van der Waals surface area contributed by atoms with Gasteiger partial charge in [-0.2, -0.15) is 5.10 Å². The van der Waals surface area contributed by atoms with Crippen molar-refractivity contribution in [3.63, 3.8) is 0 Å². The summed E-state index contributed by atoms with van der Waals surface area (Å²) in [5, 5.41) is 4.41. The summed E-state index contributed by atoms with van der Waals surface area (Å²) in [6, 6.07) is 3.55. The predicted octanol–water partition coefficient (Wildman–Crippen LogP) is 1.36. The smallest absolute Gasteiger partial charge is 0.156 e. The van der Waals surface area contributed by atoms with Gasteiger partial charge in [-0.05, 0) is 38.5 Å². The summed E-state index contributed by atoms with van der Waals surface area (Å²) in [5.74, 6) is 1.03. The summed E-state index contributed by atoms with van der Waals surface area (Å²) in [6.45, 7) is 6.01.